The lowest BCUT2D eigenvalue weighted by molar-refractivity contribution is -0.150. The maximum atomic E-state index is 12.4. The third-order valence-electron chi connectivity index (χ3n) is 2.12. The molecule has 0 saturated carbocycles. The molecule has 2 nitrogen and oxygen atoms in total. The number of hydrogen-bond donors (Lipinski definition) is 1. The monoisotopic (exact) mass is 268 g/mol. The highest BCUT2D eigenvalue weighted by Gasteiger charge is 2.39. The van der Waals surface area contributed by atoms with Crippen LogP contribution in [-0.2, 0) is 6.18 Å². The van der Waals surface area contributed by atoms with Gasteiger partial charge in [-0.1, -0.05) is 0 Å². The fourth-order valence-corrected chi connectivity index (χ4v) is 1.25. The Morgan fingerprint density at radius 1 is 1.06 bits per heavy atom. The minimum Gasteiger partial charge on any atom is -0.316 e. The van der Waals surface area contributed by atoms with Gasteiger partial charge in [0.2, 0.25) is 0 Å². The Morgan fingerprint density at radius 2 is 1.61 bits per heavy atom. The maximum Gasteiger partial charge on any atom is 0.416 e. The quantitative estimate of drug-likeness (QED) is 0.795. The maximum absolute atomic E-state index is 12.4. The number of benzene rings is 1. The Labute approximate surface area is 97.6 Å². The molecule has 0 fully saturated rings. The summed E-state index contributed by atoms with van der Waals surface area (Å²) >= 11 is 0. The number of alkyl halides is 6. The van der Waals surface area contributed by atoms with Crippen LogP contribution < -0.4 is 5.73 Å². The van der Waals surface area contributed by atoms with Crippen molar-refractivity contribution >= 4 is 0 Å². The molecule has 0 amide bonds. The lowest BCUT2D eigenvalue weighted by atomic mass is 10.0. The van der Waals surface area contributed by atoms with Crippen molar-refractivity contribution in [1.82, 2.24) is 0 Å². The molecular formula is C10H6F6N2. The minimum atomic E-state index is -4.88. The topological polar surface area (TPSA) is 49.8 Å². The van der Waals surface area contributed by atoms with Crippen LogP contribution in [0.15, 0.2) is 18.2 Å². The number of nitrogens with zero attached hydrogens (tertiary/aromatic N) is 1. The van der Waals surface area contributed by atoms with Gasteiger partial charge in [-0.05, 0) is 23.8 Å². The van der Waals surface area contributed by atoms with Crippen LogP contribution in [-0.4, -0.2) is 6.18 Å². The summed E-state index contributed by atoms with van der Waals surface area (Å²) in [6, 6.07) is 0.244. The molecule has 2 N–H and O–H groups in total. The second kappa shape index (κ2) is 4.49. The molecule has 0 spiro atoms. The van der Waals surface area contributed by atoms with Gasteiger partial charge in [-0.25, -0.2) is 0 Å². The Balaban J connectivity index is 3.35. The molecule has 0 unspecified atom stereocenters. The van der Waals surface area contributed by atoms with Gasteiger partial charge in [-0.15, -0.1) is 0 Å². The molecular weight excluding hydrogens is 262 g/mol. The Hall–Kier alpha value is -1.75. The molecule has 98 valence electrons. The first kappa shape index (κ1) is 14.3. The van der Waals surface area contributed by atoms with Crippen molar-refractivity contribution in [3.8, 4) is 6.07 Å². The second-order valence-electron chi connectivity index (χ2n) is 3.47. The number of nitrogens with two attached hydrogens (primary N) is 1. The largest absolute Gasteiger partial charge is 0.416 e. The Morgan fingerprint density at radius 3 is 2.00 bits per heavy atom. The number of rotatable bonds is 1. The van der Waals surface area contributed by atoms with Crippen molar-refractivity contribution in [3.63, 3.8) is 0 Å². The van der Waals surface area contributed by atoms with Gasteiger partial charge < -0.3 is 5.73 Å². The molecule has 0 aliphatic heterocycles. The Bertz CT molecular complexity index is 483. The standard InChI is InChI=1S/C10H6F6N2/c11-9(12,13)7-2-5(4-17)1-6(3-7)8(18)10(14,15)16/h1-3,8H,18H2/t8-/m0/s1. The predicted molar refractivity (Wildman–Crippen MR) is 49.1 cm³/mol. The predicted octanol–water partition coefficient (Wildman–Crippen LogP) is 3.14. The lowest BCUT2D eigenvalue weighted by Gasteiger charge is -2.17. The van der Waals surface area contributed by atoms with E-state index in [2.05, 4.69) is 0 Å². The van der Waals surface area contributed by atoms with Gasteiger partial charge in [-0.2, -0.15) is 31.6 Å². The smallest absolute Gasteiger partial charge is 0.316 e. The van der Waals surface area contributed by atoms with Crippen molar-refractivity contribution < 1.29 is 26.3 Å². The molecule has 1 rings (SSSR count). The van der Waals surface area contributed by atoms with E-state index in [1.165, 1.54) is 6.07 Å². The molecule has 1 aromatic rings. The fourth-order valence-electron chi connectivity index (χ4n) is 1.25. The van der Waals surface area contributed by atoms with Crippen molar-refractivity contribution in [2.75, 3.05) is 0 Å². The highest BCUT2D eigenvalue weighted by molar-refractivity contribution is 5.40. The van der Waals surface area contributed by atoms with E-state index >= 15 is 0 Å². The SMILES string of the molecule is N#Cc1cc([C@H](N)C(F)(F)F)cc(C(F)(F)F)c1. The summed E-state index contributed by atoms with van der Waals surface area (Å²) in [5, 5.41) is 8.50. The summed E-state index contributed by atoms with van der Waals surface area (Å²) in [7, 11) is 0. The molecule has 0 aliphatic rings. The van der Waals surface area contributed by atoms with Crippen LogP contribution in [0.4, 0.5) is 26.3 Å². The van der Waals surface area contributed by atoms with E-state index in [1.54, 1.807) is 0 Å². The third kappa shape index (κ3) is 3.13. The van der Waals surface area contributed by atoms with Gasteiger partial charge in [0.1, 0.15) is 6.04 Å². The summed E-state index contributed by atoms with van der Waals surface area (Å²) in [5.41, 5.74) is 2.14. The summed E-state index contributed by atoms with van der Waals surface area (Å²) in [5.74, 6) is 0. The minimum absolute atomic E-state index is 0.291. The number of halogens is 6. The van der Waals surface area contributed by atoms with Crippen LogP contribution in [0.5, 0.6) is 0 Å². The van der Waals surface area contributed by atoms with Crippen LogP contribution in [0.1, 0.15) is 22.7 Å². The molecule has 0 bridgehead atoms. The zero-order valence-corrected chi connectivity index (χ0v) is 8.60. The van der Waals surface area contributed by atoms with Crippen molar-refractivity contribution in [2.24, 2.45) is 5.73 Å². The average molecular weight is 268 g/mol. The van der Waals surface area contributed by atoms with Crippen LogP contribution in [0.25, 0.3) is 0 Å². The van der Waals surface area contributed by atoms with E-state index in [4.69, 9.17) is 11.0 Å². The van der Waals surface area contributed by atoms with Gasteiger partial charge in [0.15, 0.2) is 0 Å². The van der Waals surface area contributed by atoms with E-state index in [0.29, 0.717) is 18.2 Å². The lowest BCUT2D eigenvalue weighted by Crippen LogP contribution is -2.28. The summed E-state index contributed by atoms with van der Waals surface area (Å²) < 4.78 is 74.2. The molecule has 0 saturated heterocycles. The average Bonchev–Trinajstić information content (AvgIpc) is 2.25. The molecule has 8 heteroatoms. The highest BCUT2D eigenvalue weighted by atomic mass is 19.4. The molecule has 0 heterocycles. The van der Waals surface area contributed by atoms with Gasteiger partial charge in [0.05, 0.1) is 17.2 Å². The zero-order chi connectivity index (χ0) is 14.1. The number of nitriles is 1. The third-order valence-corrected chi connectivity index (χ3v) is 2.12. The zero-order valence-electron chi connectivity index (χ0n) is 8.60. The van der Waals surface area contributed by atoms with Gasteiger partial charge >= 0.3 is 12.4 Å². The van der Waals surface area contributed by atoms with E-state index in [9.17, 15) is 26.3 Å². The number of hydrogen-bond acceptors (Lipinski definition) is 2. The van der Waals surface area contributed by atoms with Crippen molar-refractivity contribution in [2.45, 2.75) is 18.4 Å². The fraction of sp³-hybridized carbons (Fsp3) is 0.300. The first-order chi connectivity index (χ1) is 8.05. The van der Waals surface area contributed by atoms with E-state index in [0.717, 1.165) is 0 Å². The molecule has 18 heavy (non-hydrogen) atoms. The normalized spacial score (nSPS) is 14.1. The van der Waals surface area contributed by atoms with Crippen LogP contribution in [0, 0.1) is 11.3 Å². The molecule has 1 atom stereocenters. The highest BCUT2D eigenvalue weighted by Crippen LogP contribution is 2.35. The van der Waals surface area contributed by atoms with Crippen LogP contribution in [0.3, 0.4) is 0 Å². The van der Waals surface area contributed by atoms with Gasteiger partial charge in [-0.3, -0.25) is 0 Å². The van der Waals surface area contributed by atoms with Crippen molar-refractivity contribution in [1.29, 1.82) is 5.26 Å². The second-order valence-corrected chi connectivity index (χ2v) is 3.47. The Kier molecular flexibility index (Phi) is 3.57. The first-order valence-corrected chi connectivity index (χ1v) is 4.50. The molecule has 0 aromatic heterocycles. The molecule has 1 aromatic carbocycles. The first-order valence-electron chi connectivity index (χ1n) is 4.50. The summed E-state index contributed by atoms with van der Waals surface area (Å²) in [6.45, 7) is 0. The molecule has 0 aliphatic carbocycles. The summed E-state index contributed by atoms with van der Waals surface area (Å²) in [6.07, 6.45) is -9.72. The van der Waals surface area contributed by atoms with E-state index < -0.39 is 35.1 Å². The van der Waals surface area contributed by atoms with Gasteiger partial charge in [0.25, 0.3) is 0 Å². The van der Waals surface area contributed by atoms with Crippen LogP contribution >= 0.6 is 0 Å². The van der Waals surface area contributed by atoms with E-state index in [-0.39, 0.29) is 0 Å². The molecule has 0 radical (unpaired) electrons. The summed E-state index contributed by atoms with van der Waals surface area (Å²) in [4.78, 5) is 0. The van der Waals surface area contributed by atoms with Crippen molar-refractivity contribution in [3.05, 3.63) is 34.9 Å². The van der Waals surface area contributed by atoms with Gasteiger partial charge in [0, 0.05) is 0 Å². The van der Waals surface area contributed by atoms with Crippen LogP contribution in [0.2, 0.25) is 0 Å². The van der Waals surface area contributed by atoms with E-state index in [1.807, 2.05) is 0 Å².